The van der Waals surface area contributed by atoms with Gasteiger partial charge in [-0.05, 0) is 30.3 Å². The highest BCUT2D eigenvalue weighted by atomic mass is 16.7. The van der Waals surface area contributed by atoms with Crippen molar-refractivity contribution in [3.8, 4) is 17.2 Å². The van der Waals surface area contributed by atoms with E-state index in [4.69, 9.17) is 14.2 Å². The maximum atomic E-state index is 13.1. The van der Waals surface area contributed by atoms with E-state index < -0.39 is 6.10 Å². The SMILES string of the molecule is CN(C)C(=O)[C@H]1CN(C(=O)c2ccc3c(c2)OCO3)c2ccccc2O1. The Morgan fingerprint density at radius 2 is 1.81 bits per heavy atom. The number of benzene rings is 2. The molecule has 7 nitrogen and oxygen atoms in total. The maximum Gasteiger partial charge on any atom is 0.265 e. The Kier molecular flexibility index (Phi) is 3.91. The average molecular weight is 354 g/mol. The van der Waals surface area contributed by atoms with Crippen molar-refractivity contribution in [2.45, 2.75) is 6.10 Å². The summed E-state index contributed by atoms with van der Waals surface area (Å²) in [6.07, 6.45) is -0.752. The number of rotatable bonds is 2. The van der Waals surface area contributed by atoms with E-state index in [0.29, 0.717) is 28.5 Å². The van der Waals surface area contributed by atoms with Crippen molar-refractivity contribution in [1.29, 1.82) is 0 Å². The molecule has 0 aliphatic carbocycles. The van der Waals surface area contributed by atoms with Gasteiger partial charge in [0.05, 0.1) is 12.2 Å². The molecular formula is C19H18N2O5. The lowest BCUT2D eigenvalue weighted by Crippen LogP contribution is -2.50. The molecule has 0 saturated heterocycles. The zero-order chi connectivity index (χ0) is 18.3. The van der Waals surface area contributed by atoms with Gasteiger partial charge in [-0.3, -0.25) is 9.59 Å². The Balaban J connectivity index is 1.69. The number of carbonyl (C=O) groups excluding carboxylic acids is 2. The molecule has 2 aromatic carbocycles. The van der Waals surface area contributed by atoms with Gasteiger partial charge in [0.15, 0.2) is 17.6 Å². The molecule has 2 heterocycles. The first-order valence-corrected chi connectivity index (χ1v) is 8.23. The lowest BCUT2D eigenvalue weighted by atomic mass is 10.1. The first kappa shape index (κ1) is 16.3. The quantitative estimate of drug-likeness (QED) is 0.824. The number of amides is 2. The molecule has 0 aromatic heterocycles. The summed E-state index contributed by atoms with van der Waals surface area (Å²) in [5.41, 5.74) is 1.10. The van der Waals surface area contributed by atoms with Crippen LogP contribution in [0.2, 0.25) is 0 Å². The molecule has 4 rings (SSSR count). The molecular weight excluding hydrogens is 336 g/mol. The van der Waals surface area contributed by atoms with Gasteiger partial charge in [-0.25, -0.2) is 0 Å². The van der Waals surface area contributed by atoms with Gasteiger partial charge in [0.25, 0.3) is 11.8 Å². The summed E-state index contributed by atoms with van der Waals surface area (Å²) in [6.45, 7) is 0.286. The highest BCUT2D eigenvalue weighted by molar-refractivity contribution is 6.08. The van der Waals surface area contributed by atoms with Gasteiger partial charge in [-0.1, -0.05) is 12.1 Å². The second-order valence-electron chi connectivity index (χ2n) is 6.29. The molecule has 2 aliphatic rings. The van der Waals surface area contributed by atoms with Crippen LogP contribution in [0.15, 0.2) is 42.5 Å². The predicted octanol–water partition coefficient (Wildman–Crippen LogP) is 1.91. The largest absolute Gasteiger partial charge is 0.476 e. The van der Waals surface area contributed by atoms with Crippen LogP contribution in [0.5, 0.6) is 17.2 Å². The smallest absolute Gasteiger partial charge is 0.265 e. The Hall–Kier alpha value is -3.22. The molecule has 0 fully saturated rings. The molecule has 134 valence electrons. The van der Waals surface area contributed by atoms with Crippen LogP contribution in [0.25, 0.3) is 0 Å². The zero-order valence-electron chi connectivity index (χ0n) is 14.5. The third-order valence-electron chi connectivity index (χ3n) is 4.35. The second-order valence-corrected chi connectivity index (χ2v) is 6.29. The Morgan fingerprint density at radius 3 is 2.62 bits per heavy atom. The number of carbonyl (C=O) groups is 2. The number of para-hydroxylation sites is 2. The lowest BCUT2D eigenvalue weighted by molar-refractivity contribution is -0.135. The lowest BCUT2D eigenvalue weighted by Gasteiger charge is -2.35. The normalized spacial score (nSPS) is 17.3. The van der Waals surface area contributed by atoms with Gasteiger partial charge in [0, 0.05) is 19.7 Å². The fourth-order valence-corrected chi connectivity index (χ4v) is 3.03. The predicted molar refractivity (Wildman–Crippen MR) is 93.8 cm³/mol. The molecule has 0 saturated carbocycles. The topological polar surface area (TPSA) is 68.3 Å². The highest BCUT2D eigenvalue weighted by Crippen LogP contribution is 2.36. The third-order valence-corrected chi connectivity index (χ3v) is 4.35. The fraction of sp³-hybridized carbons (Fsp3) is 0.263. The Labute approximate surface area is 150 Å². The van der Waals surface area contributed by atoms with Crippen LogP contribution in [-0.2, 0) is 4.79 Å². The number of fused-ring (bicyclic) bond motifs is 2. The van der Waals surface area contributed by atoms with Crippen LogP contribution < -0.4 is 19.1 Å². The van der Waals surface area contributed by atoms with Crippen molar-refractivity contribution >= 4 is 17.5 Å². The van der Waals surface area contributed by atoms with E-state index in [0.717, 1.165) is 0 Å². The zero-order valence-corrected chi connectivity index (χ0v) is 14.5. The van der Waals surface area contributed by atoms with Gasteiger partial charge >= 0.3 is 0 Å². The second kappa shape index (κ2) is 6.25. The van der Waals surface area contributed by atoms with Gasteiger partial charge in [0.1, 0.15) is 5.75 Å². The number of likely N-dealkylation sites (N-methyl/N-ethyl adjacent to an activating group) is 1. The molecule has 1 atom stereocenters. The maximum absolute atomic E-state index is 13.1. The summed E-state index contributed by atoms with van der Waals surface area (Å²) < 4.78 is 16.5. The summed E-state index contributed by atoms with van der Waals surface area (Å²) in [6, 6.07) is 12.3. The molecule has 2 aliphatic heterocycles. The van der Waals surface area contributed by atoms with Gasteiger partial charge in [-0.2, -0.15) is 0 Å². The molecule has 7 heteroatoms. The number of hydrogen-bond donors (Lipinski definition) is 0. The monoisotopic (exact) mass is 354 g/mol. The number of anilines is 1. The molecule has 2 aromatic rings. The van der Waals surface area contributed by atoms with Crippen molar-refractivity contribution in [3.05, 3.63) is 48.0 Å². The van der Waals surface area contributed by atoms with Crippen LogP contribution in [0.1, 0.15) is 10.4 Å². The molecule has 2 amide bonds. The first-order chi connectivity index (χ1) is 12.5. The Bertz CT molecular complexity index is 880. The number of nitrogens with zero attached hydrogens (tertiary/aromatic N) is 2. The van der Waals surface area contributed by atoms with E-state index in [1.165, 1.54) is 4.90 Å². The average Bonchev–Trinajstić information content (AvgIpc) is 3.13. The van der Waals surface area contributed by atoms with Crippen molar-refractivity contribution in [2.24, 2.45) is 0 Å². The molecule has 0 N–H and O–H groups in total. The van der Waals surface area contributed by atoms with Crippen molar-refractivity contribution in [1.82, 2.24) is 4.90 Å². The minimum Gasteiger partial charge on any atom is -0.476 e. The van der Waals surface area contributed by atoms with E-state index in [-0.39, 0.29) is 25.2 Å². The minimum absolute atomic E-state index is 0.140. The van der Waals surface area contributed by atoms with Crippen LogP contribution in [-0.4, -0.2) is 50.3 Å². The standard InChI is InChI=1S/C19H18N2O5/c1-20(2)19(23)17-10-21(13-5-3-4-6-14(13)26-17)18(22)12-7-8-15-16(9-12)25-11-24-15/h3-9,17H,10-11H2,1-2H3/t17-/m1/s1. The first-order valence-electron chi connectivity index (χ1n) is 8.23. The third kappa shape index (κ3) is 2.71. The van der Waals surface area contributed by atoms with E-state index in [1.54, 1.807) is 49.3 Å². The van der Waals surface area contributed by atoms with Crippen LogP contribution in [0.3, 0.4) is 0 Å². The van der Waals surface area contributed by atoms with Crippen molar-refractivity contribution in [2.75, 3.05) is 32.3 Å². The Morgan fingerprint density at radius 1 is 1.04 bits per heavy atom. The molecule has 26 heavy (non-hydrogen) atoms. The van der Waals surface area contributed by atoms with Crippen LogP contribution >= 0.6 is 0 Å². The van der Waals surface area contributed by atoms with E-state index in [2.05, 4.69) is 0 Å². The fourth-order valence-electron chi connectivity index (χ4n) is 3.03. The molecule has 0 spiro atoms. The van der Waals surface area contributed by atoms with Crippen molar-refractivity contribution < 1.29 is 23.8 Å². The van der Waals surface area contributed by atoms with Gasteiger partial charge in [0.2, 0.25) is 6.79 Å². The summed E-state index contributed by atoms with van der Waals surface area (Å²) in [5.74, 6) is 1.24. The molecule has 0 unspecified atom stereocenters. The minimum atomic E-state index is -0.752. The van der Waals surface area contributed by atoms with Crippen LogP contribution in [0.4, 0.5) is 5.69 Å². The van der Waals surface area contributed by atoms with E-state index in [1.807, 2.05) is 12.1 Å². The number of hydrogen-bond acceptors (Lipinski definition) is 5. The van der Waals surface area contributed by atoms with Gasteiger partial charge in [-0.15, -0.1) is 0 Å². The van der Waals surface area contributed by atoms with Crippen LogP contribution in [0, 0.1) is 0 Å². The summed E-state index contributed by atoms with van der Waals surface area (Å²) in [7, 11) is 3.33. The summed E-state index contributed by atoms with van der Waals surface area (Å²) >= 11 is 0. The van der Waals surface area contributed by atoms with Gasteiger partial charge < -0.3 is 24.0 Å². The molecule has 0 radical (unpaired) electrons. The number of ether oxygens (including phenoxy) is 3. The summed E-state index contributed by atoms with van der Waals surface area (Å²) in [4.78, 5) is 28.6. The van der Waals surface area contributed by atoms with E-state index in [9.17, 15) is 9.59 Å². The van der Waals surface area contributed by atoms with E-state index >= 15 is 0 Å². The summed E-state index contributed by atoms with van der Waals surface area (Å²) in [5, 5.41) is 0. The molecule has 0 bridgehead atoms. The highest BCUT2D eigenvalue weighted by Gasteiger charge is 2.35. The van der Waals surface area contributed by atoms with Crippen molar-refractivity contribution in [3.63, 3.8) is 0 Å².